The van der Waals surface area contributed by atoms with Crippen molar-refractivity contribution in [1.82, 2.24) is 4.90 Å². The van der Waals surface area contributed by atoms with Crippen molar-refractivity contribution in [3.63, 3.8) is 0 Å². The molecule has 0 aliphatic carbocycles. The summed E-state index contributed by atoms with van der Waals surface area (Å²) >= 11 is 0. The summed E-state index contributed by atoms with van der Waals surface area (Å²) < 4.78 is 11.8. The predicted octanol–water partition coefficient (Wildman–Crippen LogP) is 3.59. The molecule has 0 aromatic heterocycles. The van der Waals surface area contributed by atoms with Gasteiger partial charge in [0.1, 0.15) is 12.4 Å². The molecule has 1 aromatic rings. The van der Waals surface area contributed by atoms with Crippen molar-refractivity contribution in [2.24, 2.45) is 0 Å². The number of anilines is 1. The molecular weight excluding hydrogens is 300 g/mol. The molecule has 4 heteroatoms. The number of rotatable bonds is 5. The van der Waals surface area contributed by atoms with Crippen LogP contribution in [0.3, 0.4) is 0 Å². The standard InChI is InChI=1S/C20H30N2O2/c1-15-6-7-19(20(12-15)24-14-18-5-3-11-23-18)21-16-8-10-22-9-2-4-17(22)13-16/h6-7,12,16-18,21H,2-5,8-11,13-14H2,1H3/t16-,17+,18+/m1/s1. The van der Waals surface area contributed by atoms with Crippen LogP contribution in [0.25, 0.3) is 0 Å². The third-order valence-corrected chi connectivity index (χ3v) is 5.77. The summed E-state index contributed by atoms with van der Waals surface area (Å²) in [6.07, 6.45) is 7.78. The monoisotopic (exact) mass is 330 g/mol. The molecule has 3 aliphatic heterocycles. The molecule has 1 aromatic carbocycles. The van der Waals surface area contributed by atoms with Crippen LogP contribution in [0.2, 0.25) is 0 Å². The van der Waals surface area contributed by atoms with Gasteiger partial charge in [0.05, 0.1) is 11.8 Å². The van der Waals surface area contributed by atoms with Gasteiger partial charge in [0, 0.05) is 25.2 Å². The molecule has 0 radical (unpaired) electrons. The highest BCUT2D eigenvalue weighted by Gasteiger charge is 2.31. The number of piperidine rings is 1. The number of fused-ring (bicyclic) bond motifs is 1. The Morgan fingerprint density at radius 2 is 2.17 bits per heavy atom. The fourth-order valence-corrected chi connectivity index (χ4v) is 4.40. The van der Waals surface area contributed by atoms with Gasteiger partial charge >= 0.3 is 0 Å². The van der Waals surface area contributed by atoms with Gasteiger partial charge in [0.2, 0.25) is 0 Å². The SMILES string of the molecule is Cc1ccc(N[C@@H]2CCN3CCC[C@H]3C2)c(OC[C@@H]2CCCO2)c1. The number of hydrogen-bond donors (Lipinski definition) is 1. The van der Waals surface area contributed by atoms with Crippen molar-refractivity contribution < 1.29 is 9.47 Å². The molecular formula is C20H30N2O2. The average Bonchev–Trinajstić information content (AvgIpc) is 3.25. The quantitative estimate of drug-likeness (QED) is 0.894. The van der Waals surface area contributed by atoms with E-state index in [0.29, 0.717) is 12.6 Å². The fourth-order valence-electron chi connectivity index (χ4n) is 4.40. The minimum atomic E-state index is 0.264. The number of aryl methyl sites for hydroxylation is 1. The zero-order chi connectivity index (χ0) is 16.4. The van der Waals surface area contributed by atoms with Crippen LogP contribution in [-0.2, 0) is 4.74 Å². The largest absolute Gasteiger partial charge is 0.489 e. The molecule has 0 spiro atoms. The highest BCUT2D eigenvalue weighted by atomic mass is 16.5. The molecule has 3 heterocycles. The Labute approximate surface area is 145 Å². The van der Waals surface area contributed by atoms with Crippen molar-refractivity contribution in [3.05, 3.63) is 23.8 Å². The molecule has 3 atom stereocenters. The van der Waals surface area contributed by atoms with E-state index in [1.165, 1.54) is 44.3 Å². The number of hydrogen-bond acceptors (Lipinski definition) is 4. The van der Waals surface area contributed by atoms with Crippen molar-refractivity contribution in [3.8, 4) is 5.75 Å². The lowest BCUT2D eigenvalue weighted by atomic mass is 9.97. The second-order valence-electron chi connectivity index (χ2n) is 7.64. The molecule has 0 bridgehead atoms. The minimum Gasteiger partial charge on any atom is -0.489 e. The second-order valence-corrected chi connectivity index (χ2v) is 7.64. The maximum Gasteiger partial charge on any atom is 0.142 e. The Morgan fingerprint density at radius 1 is 1.21 bits per heavy atom. The lowest BCUT2D eigenvalue weighted by Crippen LogP contribution is -2.42. The summed E-state index contributed by atoms with van der Waals surface area (Å²) in [5, 5.41) is 3.77. The molecule has 3 aliphatic rings. The molecule has 4 rings (SSSR count). The Bertz CT molecular complexity index is 557. The van der Waals surface area contributed by atoms with Crippen LogP contribution < -0.4 is 10.1 Å². The van der Waals surface area contributed by atoms with Gasteiger partial charge in [-0.25, -0.2) is 0 Å². The maximum absolute atomic E-state index is 6.13. The van der Waals surface area contributed by atoms with E-state index in [-0.39, 0.29) is 6.10 Å². The smallest absolute Gasteiger partial charge is 0.142 e. The lowest BCUT2D eigenvalue weighted by molar-refractivity contribution is 0.0681. The predicted molar refractivity (Wildman–Crippen MR) is 96.9 cm³/mol. The highest BCUT2D eigenvalue weighted by molar-refractivity contribution is 5.58. The van der Waals surface area contributed by atoms with E-state index < -0.39 is 0 Å². The van der Waals surface area contributed by atoms with Gasteiger partial charge in [-0.2, -0.15) is 0 Å². The maximum atomic E-state index is 6.13. The van der Waals surface area contributed by atoms with Gasteiger partial charge < -0.3 is 19.7 Å². The van der Waals surface area contributed by atoms with Crippen molar-refractivity contribution in [2.75, 3.05) is 31.6 Å². The highest BCUT2D eigenvalue weighted by Crippen LogP contribution is 2.32. The van der Waals surface area contributed by atoms with Crippen LogP contribution >= 0.6 is 0 Å². The van der Waals surface area contributed by atoms with Crippen LogP contribution in [0.5, 0.6) is 5.75 Å². The molecule has 0 saturated carbocycles. The number of nitrogens with zero attached hydrogens (tertiary/aromatic N) is 1. The minimum absolute atomic E-state index is 0.264. The van der Waals surface area contributed by atoms with Gasteiger partial charge in [-0.3, -0.25) is 0 Å². The first kappa shape index (κ1) is 16.2. The van der Waals surface area contributed by atoms with E-state index in [4.69, 9.17) is 9.47 Å². The lowest BCUT2D eigenvalue weighted by Gasteiger charge is -2.35. The van der Waals surface area contributed by atoms with Crippen molar-refractivity contribution in [1.29, 1.82) is 0 Å². The van der Waals surface area contributed by atoms with Gasteiger partial charge in [-0.05, 0) is 69.7 Å². The topological polar surface area (TPSA) is 33.7 Å². The van der Waals surface area contributed by atoms with Gasteiger partial charge in [0.15, 0.2) is 0 Å². The van der Waals surface area contributed by atoms with Crippen LogP contribution in [0, 0.1) is 6.92 Å². The molecule has 0 amide bonds. The Hall–Kier alpha value is -1.26. The third-order valence-electron chi connectivity index (χ3n) is 5.77. The first-order chi connectivity index (χ1) is 11.8. The second kappa shape index (κ2) is 7.32. The molecule has 0 unspecified atom stereocenters. The first-order valence-electron chi connectivity index (χ1n) is 9.63. The van der Waals surface area contributed by atoms with Crippen LogP contribution in [-0.4, -0.2) is 49.4 Å². The Morgan fingerprint density at radius 3 is 3.04 bits per heavy atom. The van der Waals surface area contributed by atoms with E-state index in [1.54, 1.807) is 0 Å². The van der Waals surface area contributed by atoms with Crippen molar-refractivity contribution in [2.45, 2.75) is 63.6 Å². The van der Waals surface area contributed by atoms with Gasteiger partial charge in [-0.1, -0.05) is 6.07 Å². The van der Waals surface area contributed by atoms with Crippen molar-refractivity contribution >= 4 is 5.69 Å². The van der Waals surface area contributed by atoms with E-state index in [2.05, 4.69) is 35.3 Å². The molecule has 3 fully saturated rings. The normalized spacial score (nSPS) is 30.3. The van der Waals surface area contributed by atoms with E-state index in [0.717, 1.165) is 36.9 Å². The summed E-state index contributed by atoms with van der Waals surface area (Å²) in [4.78, 5) is 2.67. The molecule has 1 N–H and O–H groups in total. The van der Waals surface area contributed by atoms with Crippen LogP contribution in [0.15, 0.2) is 18.2 Å². The zero-order valence-corrected chi connectivity index (χ0v) is 14.8. The van der Waals surface area contributed by atoms with Crippen LogP contribution in [0.4, 0.5) is 5.69 Å². The number of ether oxygens (including phenoxy) is 2. The van der Waals surface area contributed by atoms with Gasteiger partial charge in [0.25, 0.3) is 0 Å². The van der Waals surface area contributed by atoms with Crippen LogP contribution in [0.1, 0.15) is 44.1 Å². The summed E-state index contributed by atoms with van der Waals surface area (Å²) in [5.41, 5.74) is 2.39. The molecule has 132 valence electrons. The number of nitrogens with one attached hydrogen (secondary N) is 1. The molecule has 24 heavy (non-hydrogen) atoms. The third kappa shape index (κ3) is 3.70. The molecule has 3 saturated heterocycles. The summed E-state index contributed by atoms with van der Waals surface area (Å²) in [6.45, 7) is 6.21. The Balaban J connectivity index is 1.40. The summed E-state index contributed by atoms with van der Waals surface area (Å²) in [5.74, 6) is 0.986. The zero-order valence-electron chi connectivity index (χ0n) is 14.8. The Kier molecular flexibility index (Phi) is 4.95. The van der Waals surface area contributed by atoms with E-state index in [1.807, 2.05) is 0 Å². The van der Waals surface area contributed by atoms with Gasteiger partial charge in [-0.15, -0.1) is 0 Å². The number of benzene rings is 1. The summed E-state index contributed by atoms with van der Waals surface area (Å²) in [6, 6.07) is 7.87. The van der Waals surface area contributed by atoms with E-state index >= 15 is 0 Å². The fraction of sp³-hybridized carbons (Fsp3) is 0.700. The van der Waals surface area contributed by atoms with E-state index in [9.17, 15) is 0 Å². The molecule has 4 nitrogen and oxygen atoms in total. The summed E-state index contributed by atoms with van der Waals surface area (Å²) in [7, 11) is 0. The first-order valence-corrected chi connectivity index (χ1v) is 9.63. The average molecular weight is 330 g/mol.